The van der Waals surface area contributed by atoms with Crippen molar-refractivity contribution in [2.75, 3.05) is 13.1 Å². The van der Waals surface area contributed by atoms with E-state index in [0.717, 1.165) is 19.0 Å². The van der Waals surface area contributed by atoms with Crippen LogP contribution in [0.15, 0.2) is 24.5 Å². The largest absolute Gasteiger partial charge is 0.317 e. The lowest BCUT2D eigenvalue weighted by Crippen LogP contribution is -2.19. The molecule has 0 aromatic carbocycles. The summed E-state index contributed by atoms with van der Waals surface area (Å²) in [6, 6.07) is 4.29. The van der Waals surface area contributed by atoms with E-state index in [2.05, 4.69) is 36.3 Å². The smallest absolute Gasteiger partial charge is 0.0270 e. The van der Waals surface area contributed by atoms with Crippen LogP contribution >= 0.6 is 0 Å². The fourth-order valence-electron chi connectivity index (χ4n) is 2.16. The average molecular weight is 190 g/mol. The molecule has 2 rings (SSSR count). The third-order valence-corrected chi connectivity index (χ3v) is 3.39. The zero-order chi connectivity index (χ0) is 10.0. The average Bonchev–Trinajstić information content (AvgIpc) is 2.90. The molecular weight excluding hydrogens is 172 g/mol. The van der Waals surface area contributed by atoms with Gasteiger partial charge in [0.25, 0.3) is 0 Å². The third-order valence-electron chi connectivity index (χ3n) is 3.39. The van der Waals surface area contributed by atoms with E-state index in [1.54, 1.807) is 0 Å². The van der Waals surface area contributed by atoms with E-state index >= 15 is 0 Å². The van der Waals surface area contributed by atoms with Crippen molar-refractivity contribution >= 4 is 0 Å². The number of pyridine rings is 1. The maximum Gasteiger partial charge on any atom is 0.0270 e. The molecule has 2 nitrogen and oxygen atoms in total. The molecular formula is C12H18N2. The molecule has 1 heterocycles. The maximum atomic E-state index is 4.06. The number of nitrogens with zero attached hydrogens (tertiary/aromatic N) is 1. The Hall–Kier alpha value is -0.890. The molecule has 0 radical (unpaired) electrons. The van der Waals surface area contributed by atoms with Crippen LogP contribution in [-0.2, 0) is 5.41 Å². The lowest BCUT2D eigenvalue weighted by atomic mass is 9.97. The predicted molar refractivity (Wildman–Crippen MR) is 58.2 cm³/mol. The van der Waals surface area contributed by atoms with Gasteiger partial charge in [-0.25, -0.2) is 0 Å². The van der Waals surface area contributed by atoms with Crippen LogP contribution in [-0.4, -0.2) is 18.1 Å². The zero-order valence-corrected chi connectivity index (χ0v) is 8.96. The highest BCUT2D eigenvalue weighted by molar-refractivity contribution is 5.30. The number of hydrogen-bond acceptors (Lipinski definition) is 2. The molecule has 0 aliphatic heterocycles. The molecule has 0 bridgehead atoms. The van der Waals surface area contributed by atoms with Gasteiger partial charge < -0.3 is 5.32 Å². The second-order valence-corrected chi connectivity index (χ2v) is 4.36. The van der Waals surface area contributed by atoms with E-state index in [1.165, 1.54) is 12.0 Å². The Labute approximate surface area is 85.7 Å². The Balaban J connectivity index is 2.00. The van der Waals surface area contributed by atoms with Crippen LogP contribution in [0.3, 0.4) is 0 Å². The molecule has 14 heavy (non-hydrogen) atoms. The van der Waals surface area contributed by atoms with Gasteiger partial charge in [0, 0.05) is 12.4 Å². The first kappa shape index (κ1) is 9.66. The van der Waals surface area contributed by atoms with E-state index < -0.39 is 0 Å². The van der Waals surface area contributed by atoms with Crippen LogP contribution in [0, 0.1) is 5.92 Å². The summed E-state index contributed by atoms with van der Waals surface area (Å²) in [6.07, 6.45) is 5.09. The van der Waals surface area contributed by atoms with Crippen molar-refractivity contribution in [1.29, 1.82) is 0 Å². The molecule has 1 aliphatic carbocycles. The van der Waals surface area contributed by atoms with Crippen LogP contribution in [0.4, 0.5) is 0 Å². The van der Waals surface area contributed by atoms with Gasteiger partial charge in [-0.1, -0.05) is 13.8 Å². The van der Waals surface area contributed by atoms with Crippen molar-refractivity contribution in [3.05, 3.63) is 30.1 Å². The van der Waals surface area contributed by atoms with Gasteiger partial charge in [-0.15, -0.1) is 0 Å². The van der Waals surface area contributed by atoms with E-state index in [0.29, 0.717) is 5.41 Å². The molecule has 1 aliphatic rings. The van der Waals surface area contributed by atoms with Gasteiger partial charge in [0.05, 0.1) is 0 Å². The van der Waals surface area contributed by atoms with Gasteiger partial charge in [0.15, 0.2) is 0 Å². The standard InChI is InChI=1S/C12H18N2/c1-3-13-9-11-8-12(11,2)10-4-6-14-7-5-10/h4-7,11,13H,3,8-9H2,1-2H3. The number of aromatic nitrogens is 1. The molecule has 76 valence electrons. The molecule has 0 amide bonds. The molecule has 2 atom stereocenters. The Morgan fingerprint density at radius 3 is 2.86 bits per heavy atom. The lowest BCUT2D eigenvalue weighted by molar-refractivity contribution is 0.591. The second kappa shape index (κ2) is 3.70. The van der Waals surface area contributed by atoms with E-state index in [-0.39, 0.29) is 0 Å². The Bertz CT molecular complexity index is 296. The highest BCUT2D eigenvalue weighted by Gasteiger charge is 2.50. The third kappa shape index (κ3) is 1.67. The first-order valence-electron chi connectivity index (χ1n) is 5.38. The topological polar surface area (TPSA) is 24.9 Å². The van der Waals surface area contributed by atoms with Gasteiger partial charge in [0.1, 0.15) is 0 Å². The fourth-order valence-corrected chi connectivity index (χ4v) is 2.16. The number of nitrogens with one attached hydrogen (secondary N) is 1. The van der Waals surface area contributed by atoms with Crippen LogP contribution in [0.5, 0.6) is 0 Å². The van der Waals surface area contributed by atoms with Gasteiger partial charge in [-0.05, 0) is 48.5 Å². The summed E-state index contributed by atoms with van der Waals surface area (Å²) < 4.78 is 0. The Kier molecular flexibility index (Phi) is 2.55. The van der Waals surface area contributed by atoms with Crippen molar-refractivity contribution in [2.45, 2.75) is 25.7 Å². The van der Waals surface area contributed by atoms with Crippen molar-refractivity contribution in [2.24, 2.45) is 5.92 Å². The van der Waals surface area contributed by atoms with Crippen molar-refractivity contribution in [3.8, 4) is 0 Å². The zero-order valence-electron chi connectivity index (χ0n) is 8.96. The normalized spacial score (nSPS) is 30.3. The van der Waals surface area contributed by atoms with Crippen LogP contribution in [0.25, 0.3) is 0 Å². The number of hydrogen-bond donors (Lipinski definition) is 1. The maximum absolute atomic E-state index is 4.06. The summed E-state index contributed by atoms with van der Waals surface area (Å²) in [4.78, 5) is 4.06. The first-order chi connectivity index (χ1) is 6.77. The molecule has 1 aromatic heterocycles. The summed E-state index contributed by atoms with van der Waals surface area (Å²) >= 11 is 0. The van der Waals surface area contributed by atoms with Gasteiger partial charge >= 0.3 is 0 Å². The van der Waals surface area contributed by atoms with Crippen LogP contribution < -0.4 is 5.32 Å². The van der Waals surface area contributed by atoms with Crippen molar-refractivity contribution < 1.29 is 0 Å². The second-order valence-electron chi connectivity index (χ2n) is 4.36. The quantitative estimate of drug-likeness (QED) is 0.785. The van der Waals surface area contributed by atoms with Crippen LogP contribution in [0.2, 0.25) is 0 Å². The molecule has 2 heteroatoms. The Morgan fingerprint density at radius 2 is 2.21 bits per heavy atom. The monoisotopic (exact) mass is 190 g/mol. The minimum Gasteiger partial charge on any atom is -0.317 e. The van der Waals surface area contributed by atoms with E-state index in [4.69, 9.17) is 0 Å². The summed E-state index contributed by atoms with van der Waals surface area (Å²) in [5.74, 6) is 0.810. The first-order valence-corrected chi connectivity index (χ1v) is 5.38. The number of rotatable bonds is 4. The molecule has 1 N–H and O–H groups in total. The minimum absolute atomic E-state index is 0.408. The molecule has 0 saturated heterocycles. The van der Waals surface area contributed by atoms with E-state index in [1.807, 2.05) is 12.4 Å². The van der Waals surface area contributed by atoms with Gasteiger partial charge in [-0.2, -0.15) is 0 Å². The van der Waals surface area contributed by atoms with Crippen molar-refractivity contribution in [1.82, 2.24) is 10.3 Å². The lowest BCUT2D eigenvalue weighted by Gasteiger charge is -2.11. The van der Waals surface area contributed by atoms with Crippen molar-refractivity contribution in [3.63, 3.8) is 0 Å². The predicted octanol–water partition coefficient (Wildman–Crippen LogP) is 1.97. The SMILES string of the molecule is CCNCC1CC1(C)c1ccncc1. The molecule has 2 unspecified atom stereocenters. The molecule has 1 saturated carbocycles. The van der Waals surface area contributed by atoms with Crippen LogP contribution in [0.1, 0.15) is 25.8 Å². The summed E-state index contributed by atoms with van der Waals surface area (Å²) in [6.45, 7) is 6.73. The highest BCUT2D eigenvalue weighted by atomic mass is 14.9. The Morgan fingerprint density at radius 1 is 1.50 bits per heavy atom. The van der Waals surface area contributed by atoms with Gasteiger partial charge in [-0.3, -0.25) is 4.98 Å². The fraction of sp³-hybridized carbons (Fsp3) is 0.583. The van der Waals surface area contributed by atoms with E-state index in [9.17, 15) is 0 Å². The summed E-state index contributed by atoms with van der Waals surface area (Å²) in [7, 11) is 0. The molecule has 1 fully saturated rings. The molecule has 1 aromatic rings. The summed E-state index contributed by atoms with van der Waals surface area (Å²) in [5.41, 5.74) is 1.85. The highest BCUT2D eigenvalue weighted by Crippen LogP contribution is 2.53. The summed E-state index contributed by atoms with van der Waals surface area (Å²) in [5, 5.41) is 3.42. The van der Waals surface area contributed by atoms with Gasteiger partial charge in [0.2, 0.25) is 0 Å². The minimum atomic E-state index is 0.408. The molecule has 0 spiro atoms.